The van der Waals surface area contributed by atoms with Gasteiger partial charge < -0.3 is 0 Å². The SMILES string of the molecule is FC(F)(F)Cc1cc[c]nn1. The van der Waals surface area contributed by atoms with Gasteiger partial charge in [0.25, 0.3) is 0 Å². The molecule has 1 aromatic heterocycles. The van der Waals surface area contributed by atoms with E-state index >= 15 is 0 Å². The second-order valence-corrected chi connectivity index (χ2v) is 1.95. The first kappa shape index (κ1) is 7.97. The van der Waals surface area contributed by atoms with Gasteiger partial charge in [0.1, 0.15) is 6.20 Å². The third-order valence-corrected chi connectivity index (χ3v) is 0.968. The highest BCUT2D eigenvalue weighted by Gasteiger charge is 2.28. The van der Waals surface area contributed by atoms with Gasteiger partial charge >= 0.3 is 6.18 Å². The zero-order valence-electron chi connectivity index (χ0n) is 5.39. The van der Waals surface area contributed by atoms with Gasteiger partial charge in [0.15, 0.2) is 0 Å². The van der Waals surface area contributed by atoms with Gasteiger partial charge in [0.05, 0.1) is 12.1 Å². The summed E-state index contributed by atoms with van der Waals surface area (Å²) in [4.78, 5) is 0. The first-order valence-corrected chi connectivity index (χ1v) is 2.83. The predicted octanol–water partition coefficient (Wildman–Crippen LogP) is 1.38. The van der Waals surface area contributed by atoms with E-state index in [1.165, 1.54) is 12.1 Å². The fourth-order valence-corrected chi connectivity index (χ4v) is 0.593. The lowest BCUT2D eigenvalue weighted by molar-refractivity contribution is -0.127. The molecule has 0 saturated heterocycles. The van der Waals surface area contributed by atoms with Crippen LogP contribution in [0.4, 0.5) is 13.2 Å². The number of aromatic nitrogens is 2. The van der Waals surface area contributed by atoms with Crippen molar-refractivity contribution in [2.45, 2.75) is 12.6 Å². The summed E-state index contributed by atoms with van der Waals surface area (Å²) in [6.07, 6.45) is -2.96. The fraction of sp³-hybridized carbons (Fsp3) is 0.333. The molecule has 1 radical (unpaired) electrons. The second-order valence-electron chi connectivity index (χ2n) is 1.95. The summed E-state index contributed by atoms with van der Waals surface area (Å²) in [6, 6.07) is 2.54. The summed E-state index contributed by atoms with van der Waals surface area (Å²) in [6.45, 7) is 0. The Morgan fingerprint density at radius 1 is 1.45 bits per heavy atom. The first-order chi connectivity index (χ1) is 5.08. The van der Waals surface area contributed by atoms with Crippen LogP contribution >= 0.6 is 0 Å². The van der Waals surface area contributed by atoms with Gasteiger partial charge in [-0.05, 0) is 12.1 Å². The van der Waals surface area contributed by atoms with Crippen molar-refractivity contribution in [2.24, 2.45) is 0 Å². The summed E-state index contributed by atoms with van der Waals surface area (Å²) in [7, 11) is 0. The molecule has 0 spiro atoms. The van der Waals surface area contributed by atoms with Crippen molar-refractivity contribution in [2.75, 3.05) is 0 Å². The van der Waals surface area contributed by atoms with E-state index in [0.717, 1.165) is 0 Å². The summed E-state index contributed by atoms with van der Waals surface area (Å²) in [5.41, 5.74) is -0.0868. The van der Waals surface area contributed by atoms with Crippen LogP contribution in [0.3, 0.4) is 0 Å². The van der Waals surface area contributed by atoms with Crippen LogP contribution in [0.1, 0.15) is 5.69 Å². The third kappa shape index (κ3) is 2.97. The molecule has 0 bridgehead atoms. The topological polar surface area (TPSA) is 25.8 Å². The molecule has 0 aliphatic carbocycles. The molecule has 2 nitrogen and oxygen atoms in total. The average molecular weight is 161 g/mol. The molecule has 0 aromatic carbocycles. The Bertz CT molecular complexity index is 219. The van der Waals surface area contributed by atoms with E-state index in [-0.39, 0.29) is 5.69 Å². The van der Waals surface area contributed by atoms with E-state index in [1.807, 2.05) is 0 Å². The van der Waals surface area contributed by atoms with Crippen molar-refractivity contribution < 1.29 is 13.2 Å². The lowest BCUT2D eigenvalue weighted by atomic mass is 10.3. The molecule has 0 aliphatic rings. The maximum Gasteiger partial charge on any atom is 0.394 e. The van der Waals surface area contributed by atoms with Gasteiger partial charge in [-0.3, -0.25) is 0 Å². The molecule has 5 heteroatoms. The van der Waals surface area contributed by atoms with Crippen molar-refractivity contribution in [1.29, 1.82) is 0 Å². The molecule has 0 aliphatic heterocycles. The number of nitrogens with zero attached hydrogens (tertiary/aromatic N) is 2. The smallest absolute Gasteiger partial charge is 0.171 e. The molecule has 0 amide bonds. The maximum atomic E-state index is 11.7. The number of rotatable bonds is 1. The zero-order valence-corrected chi connectivity index (χ0v) is 5.39. The predicted molar refractivity (Wildman–Crippen MR) is 30.6 cm³/mol. The van der Waals surface area contributed by atoms with Crippen molar-refractivity contribution >= 4 is 0 Å². The lowest BCUT2D eigenvalue weighted by Gasteiger charge is -2.02. The summed E-state index contributed by atoms with van der Waals surface area (Å²) < 4.78 is 35.0. The third-order valence-electron chi connectivity index (χ3n) is 0.968. The average Bonchev–Trinajstić information content (AvgIpc) is 1.85. The van der Waals surface area contributed by atoms with Crippen molar-refractivity contribution in [3.8, 4) is 0 Å². The summed E-state index contributed by atoms with van der Waals surface area (Å²) >= 11 is 0. The molecule has 11 heavy (non-hydrogen) atoms. The lowest BCUT2D eigenvalue weighted by Crippen LogP contribution is -2.12. The Hall–Kier alpha value is -1.13. The van der Waals surface area contributed by atoms with Crippen LogP contribution in [-0.2, 0) is 6.42 Å². The number of alkyl halides is 3. The Labute approximate surface area is 61.1 Å². The van der Waals surface area contributed by atoms with Crippen LogP contribution < -0.4 is 0 Å². The molecular formula is C6H4F3N2. The van der Waals surface area contributed by atoms with Gasteiger partial charge in [-0.1, -0.05) is 0 Å². The van der Waals surface area contributed by atoms with E-state index in [9.17, 15) is 13.2 Å². The van der Waals surface area contributed by atoms with Crippen LogP contribution in [0.15, 0.2) is 12.1 Å². The standard InChI is InChI=1S/C6H4F3N2/c7-6(8,9)4-5-2-1-3-10-11-5/h1-2H,4H2. The molecule has 0 unspecified atom stereocenters. The summed E-state index contributed by atoms with van der Waals surface area (Å²) in [5, 5.41) is 6.43. The molecular weight excluding hydrogens is 157 g/mol. The highest BCUT2D eigenvalue weighted by molar-refractivity contribution is 4.99. The minimum Gasteiger partial charge on any atom is -0.171 e. The maximum absolute atomic E-state index is 11.7. The van der Waals surface area contributed by atoms with E-state index in [2.05, 4.69) is 16.4 Å². The summed E-state index contributed by atoms with van der Waals surface area (Å²) in [5.74, 6) is 0. The molecule has 0 atom stereocenters. The van der Waals surface area contributed by atoms with Crippen LogP contribution in [-0.4, -0.2) is 16.4 Å². The Balaban J connectivity index is 2.66. The minimum absolute atomic E-state index is 0.0868. The molecule has 0 N–H and O–H groups in total. The van der Waals surface area contributed by atoms with Crippen LogP contribution in [0, 0.1) is 6.20 Å². The molecule has 59 valence electrons. The Morgan fingerprint density at radius 3 is 2.64 bits per heavy atom. The van der Waals surface area contributed by atoms with Crippen molar-refractivity contribution in [1.82, 2.24) is 10.2 Å². The fourth-order valence-electron chi connectivity index (χ4n) is 0.593. The number of hydrogen-bond donors (Lipinski definition) is 0. The van der Waals surface area contributed by atoms with E-state index in [1.54, 1.807) is 0 Å². The monoisotopic (exact) mass is 161 g/mol. The minimum atomic E-state index is -4.21. The van der Waals surface area contributed by atoms with E-state index in [0.29, 0.717) is 0 Å². The molecule has 1 rings (SSSR count). The Morgan fingerprint density at radius 2 is 2.18 bits per heavy atom. The quantitative estimate of drug-likeness (QED) is 0.621. The molecule has 1 aromatic rings. The van der Waals surface area contributed by atoms with Gasteiger partial charge in [0.2, 0.25) is 0 Å². The van der Waals surface area contributed by atoms with Gasteiger partial charge in [-0.25, -0.2) is 0 Å². The molecule has 0 fully saturated rings. The van der Waals surface area contributed by atoms with Gasteiger partial charge in [-0.2, -0.15) is 18.3 Å². The zero-order chi connectivity index (χ0) is 8.32. The molecule has 0 saturated carbocycles. The van der Waals surface area contributed by atoms with Crippen LogP contribution in [0.5, 0.6) is 0 Å². The van der Waals surface area contributed by atoms with Crippen LogP contribution in [0.2, 0.25) is 0 Å². The highest BCUT2D eigenvalue weighted by atomic mass is 19.4. The van der Waals surface area contributed by atoms with Gasteiger partial charge in [0, 0.05) is 0 Å². The van der Waals surface area contributed by atoms with Crippen molar-refractivity contribution in [3.63, 3.8) is 0 Å². The second kappa shape index (κ2) is 2.86. The molecule has 1 heterocycles. The largest absolute Gasteiger partial charge is 0.394 e. The van der Waals surface area contributed by atoms with Crippen LogP contribution in [0.25, 0.3) is 0 Å². The Kier molecular flexibility index (Phi) is 2.07. The first-order valence-electron chi connectivity index (χ1n) is 2.83. The normalized spacial score (nSPS) is 11.5. The number of hydrogen-bond acceptors (Lipinski definition) is 2. The highest BCUT2D eigenvalue weighted by Crippen LogP contribution is 2.19. The van der Waals surface area contributed by atoms with E-state index in [4.69, 9.17) is 0 Å². The van der Waals surface area contributed by atoms with Gasteiger partial charge in [-0.15, -0.1) is 5.10 Å². The van der Waals surface area contributed by atoms with Crippen molar-refractivity contribution in [3.05, 3.63) is 24.0 Å². The van der Waals surface area contributed by atoms with E-state index < -0.39 is 12.6 Å². The number of halogens is 3.